The first-order valence-corrected chi connectivity index (χ1v) is 10.5. The van der Waals surface area contributed by atoms with Crippen molar-refractivity contribution in [1.82, 2.24) is 4.90 Å². The number of piperidine rings is 1. The van der Waals surface area contributed by atoms with E-state index < -0.39 is 9.84 Å². The number of ether oxygens (including phenoxy) is 1. The van der Waals surface area contributed by atoms with Gasteiger partial charge in [0.2, 0.25) is 0 Å². The van der Waals surface area contributed by atoms with E-state index in [0.29, 0.717) is 24.5 Å². The Hall–Kier alpha value is -1.56. The number of fused-ring (bicyclic) bond motifs is 1. The van der Waals surface area contributed by atoms with Crippen molar-refractivity contribution in [1.29, 1.82) is 0 Å². The Kier molecular flexibility index (Phi) is 4.36. The Bertz CT molecular complexity index is 754. The highest BCUT2D eigenvalue weighted by Crippen LogP contribution is 2.41. The summed E-state index contributed by atoms with van der Waals surface area (Å²) in [6.07, 6.45) is 3.84. The van der Waals surface area contributed by atoms with E-state index in [1.165, 1.54) is 6.26 Å². The molecule has 0 N–H and O–H groups in total. The number of rotatable bonds is 3. The summed E-state index contributed by atoms with van der Waals surface area (Å²) in [6.45, 7) is 5.35. The van der Waals surface area contributed by atoms with Crippen molar-refractivity contribution in [3.63, 3.8) is 0 Å². The second kappa shape index (κ2) is 6.06. The normalized spacial score (nSPS) is 22.8. The van der Waals surface area contributed by atoms with E-state index in [4.69, 9.17) is 4.74 Å². The number of carbonyl (C=O) groups excluding carboxylic acids is 1. The molecule has 1 saturated heterocycles. The zero-order chi connectivity index (χ0) is 17.5. The molecule has 1 aromatic carbocycles. The molecule has 2 aliphatic rings. The molecule has 0 saturated carbocycles. The van der Waals surface area contributed by atoms with E-state index in [2.05, 4.69) is 13.8 Å². The fraction of sp³-hybridized carbons (Fsp3) is 0.611. The van der Waals surface area contributed by atoms with Crippen LogP contribution in [0.4, 0.5) is 0 Å². The van der Waals surface area contributed by atoms with Crippen molar-refractivity contribution in [2.45, 2.75) is 44.6 Å². The first-order valence-electron chi connectivity index (χ1n) is 8.44. The summed E-state index contributed by atoms with van der Waals surface area (Å²) in [7, 11) is -3.13. The molecule has 2 heterocycles. The average Bonchev–Trinajstić information content (AvgIpc) is 2.81. The molecule has 0 bridgehead atoms. The quantitative estimate of drug-likeness (QED) is 0.839. The van der Waals surface area contributed by atoms with Crippen LogP contribution in [0.25, 0.3) is 0 Å². The van der Waals surface area contributed by atoms with Gasteiger partial charge in [-0.1, -0.05) is 26.0 Å². The first kappa shape index (κ1) is 17.3. The van der Waals surface area contributed by atoms with Crippen LogP contribution in [0.1, 0.15) is 49.0 Å². The highest BCUT2D eigenvalue weighted by Gasteiger charge is 2.37. The standard InChI is InChI=1S/C18H25NO4S/c1-18(2)12-23-16-14(8-6-9-15(16)18)17(20)19-10-5-4-7-13(19)11-24(3,21)22/h6,8-9,13H,4-5,7,10-12H2,1-3H3. The molecule has 24 heavy (non-hydrogen) atoms. The summed E-state index contributed by atoms with van der Waals surface area (Å²) in [5.41, 5.74) is 1.49. The number of nitrogens with zero attached hydrogens (tertiary/aromatic N) is 1. The zero-order valence-corrected chi connectivity index (χ0v) is 15.4. The minimum Gasteiger partial charge on any atom is -0.492 e. The highest BCUT2D eigenvalue weighted by molar-refractivity contribution is 7.90. The molecule has 0 aromatic heterocycles. The van der Waals surface area contributed by atoms with Gasteiger partial charge in [-0.05, 0) is 25.3 Å². The van der Waals surface area contributed by atoms with Crippen LogP contribution in [0.2, 0.25) is 0 Å². The summed E-state index contributed by atoms with van der Waals surface area (Å²) in [6, 6.07) is 5.43. The Morgan fingerprint density at radius 1 is 1.33 bits per heavy atom. The van der Waals surface area contributed by atoms with Crippen LogP contribution >= 0.6 is 0 Å². The predicted molar refractivity (Wildman–Crippen MR) is 93.3 cm³/mol. The lowest BCUT2D eigenvalue weighted by atomic mass is 9.86. The molecule has 1 atom stereocenters. The summed E-state index contributed by atoms with van der Waals surface area (Å²) in [4.78, 5) is 14.8. The predicted octanol–water partition coefficient (Wildman–Crippen LogP) is 2.40. The van der Waals surface area contributed by atoms with E-state index in [-0.39, 0.29) is 23.1 Å². The van der Waals surface area contributed by atoms with Gasteiger partial charge in [0.1, 0.15) is 15.6 Å². The molecule has 0 aliphatic carbocycles. The van der Waals surface area contributed by atoms with Gasteiger partial charge in [0.05, 0.1) is 17.9 Å². The largest absolute Gasteiger partial charge is 0.492 e. The van der Waals surface area contributed by atoms with E-state index in [9.17, 15) is 13.2 Å². The molecule has 1 unspecified atom stereocenters. The molecule has 0 radical (unpaired) electrons. The van der Waals surface area contributed by atoms with Crippen molar-refractivity contribution in [3.8, 4) is 5.75 Å². The van der Waals surface area contributed by atoms with E-state index in [1.807, 2.05) is 12.1 Å². The Morgan fingerprint density at radius 2 is 2.08 bits per heavy atom. The van der Waals surface area contributed by atoms with Gasteiger partial charge >= 0.3 is 0 Å². The van der Waals surface area contributed by atoms with Gasteiger partial charge in [-0.25, -0.2) is 8.42 Å². The van der Waals surface area contributed by atoms with Gasteiger partial charge in [-0.15, -0.1) is 0 Å². The molecular formula is C18H25NO4S. The SMILES string of the molecule is CC1(C)COc2c(C(=O)N3CCCCC3CS(C)(=O)=O)cccc21. The molecule has 5 nitrogen and oxygen atoms in total. The van der Waals surface area contributed by atoms with Gasteiger partial charge in [0.25, 0.3) is 5.91 Å². The lowest BCUT2D eigenvalue weighted by Gasteiger charge is -2.35. The van der Waals surface area contributed by atoms with Crippen LogP contribution in [0.15, 0.2) is 18.2 Å². The Morgan fingerprint density at radius 3 is 2.79 bits per heavy atom. The monoisotopic (exact) mass is 351 g/mol. The van der Waals surface area contributed by atoms with E-state index in [0.717, 1.165) is 24.8 Å². The van der Waals surface area contributed by atoms with E-state index >= 15 is 0 Å². The number of benzene rings is 1. The molecule has 1 amide bonds. The number of carbonyl (C=O) groups is 1. The minimum absolute atomic E-state index is 0.0279. The van der Waals surface area contributed by atoms with Gasteiger partial charge in [-0.2, -0.15) is 0 Å². The maximum absolute atomic E-state index is 13.1. The Labute approximate surface area is 143 Å². The minimum atomic E-state index is -3.13. The van der Waals surface area contributed by atoms with Gasteiger partial charge in [0.15, 0.2) is 0 Å². The maximum Gasteiger partial charge on any atom is 0.257 e. The van der Waals surface area contributed by atoms with Crippen LogP contribution in [-0.4, -0.2) is 50.4 Å². The summed E-state index contributed by atoms with van der Waals surface area (Å²) >= 11 is 0. The fourth-order valence-corrected chi connectivity index (χ4v) is 4.72. The molecule has 0 spiro atoms. The number of para-hydroxylation sites is 1. The first-order chi connectivity index (χ1) is 11.2. The lowest BCUT2D eigenvalue weighted by Crippen LogP contribution is -2.47. The third kappa shape index (κ3) is 3.29. The Balaban J connectivity index is 1.92. The van der Waals surface area contributed by atoms with Crippen LogP contribution in [-0.2, 0) is 15.3 Å². The number of hydrogen-bond acceptors (Lipinski definition) is 4. The van der Waals surface area contributed by atoms with Gasteiger partial charge < -0.3 is 9.64 Å². The van der Waals surface area contributed by atoms with Crippen LogP contribution in [0, 0.1) is 0 Å². The number of amides is 1. The summed E-state index contributed by atoms with van der Waals surface area (Å²) in [5, 5.41) is 0. The third-order valence-corrected chi connectivity index (χ3v) is 5.93. The number of sulfone groups is 1. The number of hydrogen-bond donors (Lipinski definition) is 0. The molecular weight excluding hydrogens is 326 g/mol. The molecule has 132 valence electrons. The lowest BCUT2D eigenvalue weighted by molar-refractivity contribution is 0.0635. The average molecular weight is 351 g/mol. The maximum atomic E-state index is 13.1. The van der Waals surface area contributed by atoms with Crippen LogP contribution in [0.3, 0.4) is 0 Å². The van der Waals surface area contributed by atoms with Crippen molar-refractivity contribution < 1.29 is 17.9 Å². The molecule has 3 rings (SSSR count). The van der Waals surface area contributed by atoms with Gasteiger partial charge in [-0.3, -0.25) is 4.79 Å². The highest BCUT2D eigenvalue weighted by atomic mass is 32.2. The second-order valence-electron chi connectivity index (χ2n) is 7.60. The summed E-state index contributed by atoms with van der Waals surface area (Å²) < 4.78 is 29.3. The van der Waals surface area contributed by atoms with Crippen LogP contribution < -0.4 is 4.74 Å². The smallest absolute Gasteiger partial charge is 0.257 e. The van der Waals surface area contributed by atoms with Gasteiger partial charge in [0, 0.05) is 29.8 Å². The number of likely N-dealkylation sites (tertiary alicyclic amines) is 1. The molecule has 1 fully saturated rings. The fourth-order valence-electron chi connectivity index (χ4n) is 3.67. The topological polar surface area (TPSA) is 63.7 Å². The second-order valence-corrected chi connectivity index (χ2v) is 9.78. The molecule has 2 aliphatic heterocycles. The van der Waals surface area contributed by atoms with E-state index in [1.54, 1.807) is 11.0 Å². The van der Waals surface area contributed by atoms with Crippen molar-refractivity contribution >= 4 is 15.7 Å². The van der Waals surface area contributed by atoms with Crippen molar-refractivity contribution in [3.05, 3.63) is 29.3 Å². The van der Waals surface area contributed by atoms with Crippen molar-refractivity contribution in [2.75, 3.05) is 25.2 Å². The molecule has 1 aromatic rings. The van der Waals surface area contributed by atoms with Crippen molar-refractivity contribution in [2.24, 2.45) is 0 Å². The summed E-state index contributed by atoms with van der Waals surface area (Å²) in [5.74, 6) is 0.578. The van der Waals surface area contributed by atoms with Crippen LogP contribution in [0.5, 0.6) is 5.75 Å². The molecule has 6 heteroatoms. The third-order valence-electron chi connectivity index (χ3n) is 4.94. The zero-order valence-electron chi connectivity index (χ0n) is 14.5.